The number of hydrogen-bond donors (Lipinski definition) is 0. The van der Waals surface area contributed by atoms with E-state index in [0.29, 0.717) is 67.4 Å². The van der Waals surface area contributed by atoms with Crippen molar-refractivity contribution in [2.75, 3.05) is 0 Å². The predicted molar refractivity (Wildman–Crippen MR) is 499 cm³/mol. The third kappa shape index (κ3) is 12.0. The van der Waals surface area contributed by atoms with Crippen LogP contribution in [0.1, 0.15) is 27.8 Å². The van der Waals surface area contributed by atoms with Crippen LogP contribution >= 0.6 is 0 Å². The molecule has 22 aromatic rings. The maximum absolute atomic E-state index is 10.8. The van der Waals surface area contributed by atoms with Crippen LogP contribution in [-0.4, -0.2) is 28.2 Å². The van der Waals surface area contributed by atoms with E-state index in [1.165, 1.54) is 16.2 Å². The van der Waals surface area contributed by atoms with Crippen molar-refractivity contribution in [1.82, 2.24) is 28.2 Å². The van der Waals surface area contributed by atoms with Crippen molar-refractivity contribution in [3.8, 4) is 143 Å². The lowest BCUT2D eigenvalue weighted by atomic mass is 9.88. The molecule has 0 fully saturated rings. The number of nitrogens with zero attached hydrogens (tertiary/aromatic N) is 12. The van der Waals surface area contributed by atoms with Crippen LogP contribution in [0.3, 0.4) is 0 Å². The van der Waals surface area contributed by atoms with E-state index in [2.05, 4.69) is 260 Å². The van der Waals surface area contributed by atoms with E-state index in [0.717, 1.165) is 138 Å². The van der Waals surface area contributed by atoms with E-state index in [4.69, 9.17) is 16.5 Å². The van der Waals surface area contributed by atoms with Crippen molar-refractivity contribution in [3.63, 3.8) is 0 Å². The second-order valence-corrected chi connectivity index (χ2v) is 30.4. The smallest absolute Gasteiger partial charge is 0.195 e. The van der Waals surface area contributed by atoms with Gasteiger partial charge in [-0.2, -0.15) is 26.3 Å². The maximum atomic E-state index is 10.8. The second-order valence-electron chi connectivity index (χ2n) is 30.4. The Morgan fingerprint density at radius 3 is 1.03 bits per heavy atom. The summed E-state index contributed by atoms with van der Waals surface area (Å²) in [5, 5.41) is 62.7. The molecule has 16 aromatic carbocycles. The first-order valence-corrected chi connectivity index (χ1v) is 40.6. The summed E-state index contributed by atoms with van der Waals surface area (Å²) < 4.78 is 9.39. The first-order valence-electron chi connectivity index (χ1n) is 40.6. The molecule has 22 rings (SSSR count). The fourth-order valence-electron chi connectivity index (χ4n) is 18.4. The molecule has 572 valence electrons. The number of nitriles is 5. The van der Waals surface area contributed by atoms with Gasteiger partial charge in [0.05, 0.1) is 107 Å². The summed E-state index contributed by atoms with van der Waals surface area (Å²) in [4.78, 5) is 14.3. The molecule has 0 saturated carbocycles. The molecule has 0 aliphatic carbocycles. The summed E-state index contributed by atoms with van der Waals surface area (Å²) >= 11 is 0. The molecule has 0 spiro atoms. The third-order valence-corrected chi connectivity index (χ3v) is 23.7. The molecule has 6 heterocycles. The van der Waals surface area contributed by atoms with Crippen molar-refractivity contribution >= 4 is 92.9 Å². The van der Waals surface area contributed by atoms with Gasteiger partial charge >= 0.3 is 0 Å². The van der Waals surface area contributed by atoms with Gasteiger partial charge in [-0.3, -0.25) is 0 Å². The Morgan fingerprint density at radius 2 is 0.589 bits per heavy atom. The topological polar surface area (TPSA) is 169 Å². The first kappa shape index (κ1) is 73.6. The number of rotatable bonds is 12. The van der Waals surface area contributed by atoms with Crippen molar-refractivity contribution in [3.05, 3.63) is 427 Å². The Labute approximate surface area is 713 Å². The molecule has 6 aromatic heterocycles. The molecule has 0 bridgehead atoms. The minimum atomic E-state index is 0.275. The Bertz CT molecular complexity index is 8380. The number of aromatic nitrogens is 6. The zero-order valence-electron chi connectivity index (χ0n) is 66.3. The fraction of sp³-hybridized carbons (Fsp3) is 0. The Balaban J connectivity index is 0.000000152. The van der Waals surface area contributed by atoms with Gasteiger partial charge in [-0.25, -0.2) is 14.8 Å². The highest BCUT2D eigenvalue weighted by Crippen LogP contribution is 2.50. The van der Waals surface area contributed by atoms with E-state index in [-0.39, 0.29) is 11.1 Å². The average Bonchev–Trinajstić information content (AvgIpc) is 1.54. The van der Waals surface area contributed by atoms with Crippen LogP contribution in [0.2, 0.25) is 0 Å². The lowest BCUT2D eigenvalue weighted by Crippen LogP contribution is -2.02. The van der Waals surface area contributed by atoms with E-state index in [9.17, 15) is 26.3 Å². The molecular weight excluding hydrogens is 1510 g/mol. The highest BCUT2D eigenvalue weighted by Gasteiger charge is 2.30. The van der Waals surface area contributed by atoms with Gasteiger partial charge in [0.2, 0.25) is 0 Å². The van der Waals surface area contributed by atoms with E-state index in [1.807, 2.05) is 182 Å². The van der Waals surface area contributed by atoms with Gasteiger partial charge < -0.3 is 18.3 Å². The zero-order valence-corrected chi connectivity index (χ0v) is 66.3. The molecule has 0 radical (unpaired) electrons. The molecule has 0 aliphatic rings. The lowest BCUT2D eigenvalue weighted by Gasteiger charge is -2.17. The van der Waals surface area contributed by atoms with Crippen LogP contribution in [0.25, 0.3) is 204 Å². The summed E-state index contributed by atoms with van der Waals surface area (Å²) in [6.07, 6.45) is 0. The summed E-state index contributed by atoms with van der Waals surface area (Å²) in [7, 11) is 0. The number of fused-ring (bicyclic) bond motifs is 14. The number of pyridine rings is 2. The lowest BCUT2D eigenvalue weighted by molar-refractivity contribution is 1.17. The van der Waals surface area contributed by atoms with Gasteiger partial charge in [-0.05, 0) is 130 Å². The van der Waals surface area contributed by atoms with Crippen molar-refractivity contribution in [2.24, 2.45) is 0 Å². The Kier molecular flexibility index (Phi) is 18.3. The largest absolute Gasteiger partial charge is 0.309 e. The van der Waals surface area contributed by atoms with Crippen molar-refractivity contribution in [2.45, 2.75) is 0 Å². The normalized spacial score (nSPS) is 11.2. The monoisotopic (exact) mass is 1580 g/mol. The average molecular weight is 1580 g/mol. The summed E-state index contributed by atoms with van der Waals surface area (Å²) in [5.41, 5.74) is 25.2. The fourth-order valence-corrected chi connectivity index (χ4v) is 18.4. The van der Waals surface area contributed by atoms with E-state index >= 15 is 0 Å². The van der Waals surface area contributed by atoms with Gasteiger partial charge in [-0.15, -0.1) is 0 Å². The molecule has 124 heavy (non-hydrogen) atoms. The van der Waals surface area contributed by atoms with Gasteiger partial charge in [-0.1, -0.05) is 297 Å². The van der Waals surface area contributed by atoms with Crippen LogP contribution in [0.15, 0.2) is 388 Å². The van der Waals surface area contributed by atoms with Crippen molar-refractivity contribution in [1.29, 1.82) is 26.3 Å². The quantitative estimate of drug-likeness (QED) is 0.110. The van der Waals surface area contributed by atoms with Crippen LogP contribution in [0.5, 0.6) is 0 Å². The predicted octanol–water partition coefficient (Wildman–Crippen LogP) is 27.8. The summed E-state index contributed by atoms with van der Waals surface area (Å²) in [5.74, 6) is 0. The summed E-state index contributed by atoms with van der Waals surface area (Å²) in [6.45, 7) is 8.62. The Morgan fingerprint density at radius 1 is 0.234 bits per heavy atom. The van der Waals surface area contributed by atoms with Gasteiger partial charge in [0.1, 0.15) is 24.3 Å². The van der Waals surface area contributed by atoms with Gasteiger partial charge in [0.25, 0.3) is 0 Å². The zero-order chi connectivity index (χ0) is 83.5. The molecular formula is C112H64N12. The SMILES string of the molecule is N#Cc1cc(-c2nc(-c3ccccc3)c(C#N)c(-c3ccccc3)c2C#N)ccc1-c1ccc2c3c(ccc4c5ccccc5n(-c5ccccc5)c43)n(-c3ccccc3)c2c1.[C-]#[N+]c1cc(-c2nc(-c3ccccc3)c(C#N)c(-c3ccccc3)c2C#N)ccc1-c1cccc2c3c(ccc4c5ccccc5n(-c5ccccc5)c43)n(-c3ccccc3)c12. The van der Waals surface area contributed by atoms with Crippen LogP contribution in [0.4, 0.5) is 5.69 Å². The van der Waals surface area contributed by atoms with Crippen molar-refractivity contribution < 1.29 is 0 Å². The minimum Gasteiger partial charge on any atom is -0.309 e. The highest BCUT2D eigenvalue weighted by atomic mass is 15.0. The molecule has 0 aliphatic heterocycles. The van der Waals surface area contributed by atoms with E-state index in [1.54, 1.807) is 0 Å². The third-order valence-electron chi connectivity index (χ3n) is 23.7. The summed E-state index contributed by atoms with van der Waals surface area (Å²) in [6, 6.07) is 142. The molecule has 0 unspecified atom stereocenters. The van der Waals surface area contributed by atoms with Gasteiger partial charge in [0.15, 0.2) is 5.69 Å². The van der Waals surface area contributed by atoms with Crippen LogP contribution in [0, 0.1) is 63.2 Å². The molecule has 12 nitrogen and oxygen atoms in total. The highest BCUT2D eigenvalue weighted by molar-refractivity contribution is 6.29. The van der Waals surface area contributed by atoms with Crippen LogP contribution < -0.4 is 0 Å². The molecule has 0 N–H and O–H groups in total. The molecule has 0 saturated heterocycles. The van der Waals surface area contributed by atoms with E-state index < -0.39 is 0 Å². The van der Waals surface area contributed by atoms with Gasteiger partial charge in [0, 0.05) is 93.7 Å². The Hall–Kier alpha value is -18.0. The molecule has 12 heteroatoms. The minimum absolute atomic E-state index is 0.275. The molecule has 0 atom stereocenters. The first-order chi connectivity index (χ1) is 61.3. The van der Waals surface area contributed by atoms with Crippen LogP contribution in [-0.2, 0) is 0 Å². The second kappa shape index (κ2) is 30.8. The number of benzene rings is 16. The number of hydrogen-bond acceptors (Lipinski definition) is 7. The number of para-hydroxylation sites is 7. The standard InChI is InChI=1S/2C56H32N6/c1-59-48-33-38(54-47(35-58)51(36-17-6-2-7-18-36)46(34-57)53(60-54)37-19-8-3-9-20-37)29-30-41(48)43-26-16-27-45-52-50(62(55(43)45)40-23-12-5-13-24-40)32-31-44-42-25-14-15-28-49(42)61(56(44)52)39-21-10-4-11-22-39;57-33-40-31-39(55-48(35-59)52(36-15-5-1-6-16-36)47(34-58)54(60-55)37-17-7-2-8-18-37)26-27-43(40)38-25-28-46-51(32-38)61(41-19-9-3-10-20-41)50-30-29-45-44-23-13-14-24-49(44)62(56(45)53(46)50)42-21-11-4-12-22-42/h2-33H;1-32H. The molecule has 0 amide bonds. The maximum Gasteiger partial charge on any atom is 0.195 e.